The molecule has 1 heterocycles. The van der Waals surface area contributed by atoms with E-state index in [1.807, 2.05) is 0 Å². The van der Waals surface area contributed by atoms with Gasteiger partial charge in [-0.25, -0.2) is 0 Å². The second-order valence-electron chi connectivity index (χ2n) is 6.97. The van der Waals surface area contributed by atoms with Crippen molar-refractivity contribution in [2.75, 3.05) is 26.2 Å². The average molecular weight is 287 g/mol. The average Bonchev–Trinajstić information content (AvgIpc) is 3.33. The summed E-state index contributed by atoms with van der Waals surface area (Å²) in [5, 5.41) is 0. The fourth-order valence-corrected chi connectivity index (χ4v) is 3.78. The fraction of sp³-hybridized carbons (Fsp3) is 0.667. The summed E-state index contributed by atoms with van der Waals surface area (Å²) in [7, 11) is 0. The molecule has 116 valence electrons. The summed E-state index contributed by atoms with van der Waals surface area (Å²) in [6, 6.07) is 12.0. The molecule has 3 nitrogen and oxygen atoms in total. The molecule has 1 aromatic rings. The van der Waals surface area contributed by atoms with Crippen molar-refractivity contribution < 1.29 is 0 Å². The maximum absolute atomic E-state index is 6.62. The van der Waals surface area contributed by atoms with Crippen molar-refractivity contribution in [3.8, 4) is 0 Å². The second-order valence-corrected chi connectivity index (χ2v) is 6.97. The molecule has 1 saturated heterocycles. The summed E-state index contributed by atoms with van der Waals surface area (Å²) < 4.78 is 0. The minimum atomic E-state index is 0.110. The van der Waals surface area contributed by atoms with Gasteiger partial charge in [0.2, 0.25) is 0 Å². The summed E-state index contributed by atoms with van der Waals surface area (Å²) in [6.45, 7) is 9.38. The van der Waals surface area contributed by atoms with Crippen LogP contribution in [0.5, 0.6) is 0 Å². The Bertz CT molecular complexity index is 433. The van der Waals surface area contributed by atoms with E-state index in [9.17, 15) is 0 Å². The van der Waals surface area contributed by atoms with Gasteiger partial charge in [-0.1, -0.05) is 44.2 Å². The molecule has 3 heteroatoms. The van der Waals surface area contributed by atoms with Crippen molar-refractivity contribution in [1.82, 2.24) is 9.80 Å². The topological polar surface area (TPSA) is 32.5 Å². The Kier molecular flexibility index (Phi) is 4.63. The van der Waals surface area contributed by atoms with Gasteiger partial charge in [-0.2, -0.15) is 0 Å². The van der Waals surface area contributed by atoms with Gasteiger partial charge in [0.15, 0.2) is 0 Å². The number of piperazine rings is 1. The number of hydrogen-bond donors (Lipinski definition) is 1. The van der Waals surface area contributed by atoms with Crippen molar-refractivity contribution in [3.63, 3.8) is 0 Å². The normalized spacial score (nSPS) is 24.2. The monoisotopic (exact) mass is 287 g/mol. The standard InChI is InChI=1S/C18H29N3/c1-14(2)18(17(19)15-6-4-3-5-7-15)21-12-10-20(11-13-21)16-8-9-16/h3-7,14,16-18H,8-13,19H2,1-2H3. The van der Waals surface area contributed by atoms with E-state index >= 15 is 0 Å². The van der Waals surface area contributed by atoms with Crippen LogP contribution in [0.1, 0.15) is 38.3 Å². The Morgan fingerprint density at radius 3 is 2.14 bits per heavy atom. The highest BCUT2D eigenvalue weighted by atomic mass is 15.3. The van der Waals surface area contributed by atoms with E-state index in [1.165, 1.54) is 44.6 Å². The van der Waals surface area contributed by atoms with Crippen LogP contribution in [-0.2, 0) is 0 Å². The summed E-state index contributed by atoms with van der Waals surface area (Å²) >= 11 is 0. The van der Waals surface area contributed by atoms with E-state index in [0.717, 1.165) is 6.04 Å². The van der Waals surface area contributed by atoms with Crippen molar-refractivity contribution in [2.24, 2.45) is 11.7 Å². The van der Waals surface area contributed by atoms with Crippen molar-refractivity contribution >= 4 is 0 Å². The van der Waals surface area contributed by atoms with Gasteiger partial charge in [-0.05, 0) is 24.3 Å². The van der Waals surface area contributed by atoms with E-state index in [4.69, 9.17) is 5.73 Å². The van der Waals surface area contributed by atoms with Gasteiger partial charge in [0.25, 0.3) is 0 Å². The summed E-state index contributed by atoms with van der Waals surface area (Å²) in [6.07, 6.45) is 2.83. The highest BCUT2D eigenvalue weighted by molar-refractivity contribution is 5.20. The largest absolute Gasteiger partial charge is 0.323 e. The van der Waals surface area contributed by atoms with Crippen molar-refractivity contribution in [2.45, 2.75) is 44.8 Å². The maximum atomic E-state index is 6.62. The molecule has 1 aliphatic heterocycles. The lowest BCUT2D eigenvalue weighted by Gasteiger charge is -2.43. The Morgan fingerprint density at radius 2 is 1.62 bits per heavy atom. The molecule has 2 atom stereocenters. The van der Waals surface area contributed by atoms with Crippen LogP contribution in [-0.4, -0.2) is 48.1 Å². The molecule has 2 fully saturated rings. The molecule has 1 saturated carbocycles. The van der Waals surface area contributed by atoms with E-state index in [-0.39, 0.29) is 6.04 Å². The van der Waals surface area contributed by atoms with Gasteiger partial charge in [0.05, 0.1) is 0 Å². The molecular formula is C18H29N3. The van der Waals surface area contributed by atoms with Crippen LogP contribution in [0.2, 0.25) is 0 Å². The van der Waals surface area contributed by atoms with Gasteiger partial charge in [-0.15, -0.1) is 0 Å². The number of nitrogens with zero attached hydrogens (tertiary/aromatic N) is 2. The Hall–Kier alpha value is -0.900. The summed E-state index contributed by atoms with van der Waals surface area (Å²) in [5.74, 6) is 0.577. The lowest BCUT2D eigenvalue weighted by atomic mass is 9.90. The smallest absolute Gasteiger partial charge is 0.0455 e. The van der Waals surface area contributed by atoms with Gasteiger partial charge in [-0.3, -0.25) is 9.80 Å². The lowest BCUT2D eigenvalue weighted by molar-refractivity contribution is 0.0601. The third kappa shape index (κ3) is 3.47. The first kappa shape index (κ1) is 15.0. The third-order valence-electron chi connectivity index (χ3n) is 5.07. The molecule has 3 rings (SSSR count). The molecule has 0 spiro atoms. The van der Waals surface area contributed by atoms with Crippen LogP contribution < -0.4 is 5.73 Å². The zero-order valence-electron chi connectivity index (χ0n) is 13.4. The van der Waals surface area contributed by atoms with E-state index in [1.54, 1.807) is 0 Å². The lowest BCUT2D eigenvalue weighted by Crippen LogP contribution is -2.55. The molecule has 1 aliphatic carbocycles. The van der Waals surface area contributed by atoms with E-state index in [0.29, 0.717) is 12.0 Å². The van der Waals surface area contributed by atoms with Crippen LogP contribution in [0.25, 0.3) is 0 Å². The second kappa shape index (κ2) is 6.47. The fourth-order valence-electron chi connectivity index (χ4n) is 3.78. The highest BCUT2D eigenvalue weighted by Crippen LogP contribution is 2.30. The molecule has 21 heavy (non-hydrogen) atoms. The van der Waals surface area contributed by atoms with Crippen LogP contribution in [0.15, 0.2) is 30.3 Å². The van der Waals surface area contributed by atoms with Crippen LogP contribution >= 0.6 is 0 Å². The molecule has 2 aliphatic rings. The molecule has 2 N–H and O–H groups in total. The van der Waals surface area contributed by atoms with Crippen LogP contribution in [0, 0.1) is 5.92 Å². The molecular weight excluding hydrogens is 258 g/mol. The van der Waals surface area contributed by atoms with Crippen molar-refractivity contribution in [3.05, 3.63) is 35.9 Å². The molecule has 0 bridgehead atoms. The molecule has 1 aromatic carbocycles. The third-order valence-corrected chi connectivity index (χ3v) is 5.07. The van der Waals surface area contributed by atoms with Gasteiger partial charge >= 0.3 is 0 Å². The Balaban J connectivity index is 1.67. The first-order chi connectivity index (χ1) is 10.2. The molecule has 0 aromatic heterocycles. The minimum absolute atomic E-state index is 0.110. The Labute approximate surface area is 129 Å². The zero-order chi connectivity index (χ0) is 14.8. The molecule has 0 radical (unpaired) electrons. The Morgan fingerprint density at radius 1 is 1.00 bits per heavy atom. The number of benzene rings is 1. The highest BCUT2D eigenvalue weighted by Gasteiger charge is 2.35. The molecule has 2 unspecified atom stereocenters. The van der Waals surface area contributed by atoms with Crippen LogP contribution in [0.3, 0.4) is 0 Å². The minimum Gasteiger partial charge on any atom is -0.323 e. The first-order valence-electron chi connectivity index (χ1n) is 8.45. The summed E-state index contributed by atoms with van der Waals surface area (Å²) in [5.41, 5.74) is 7.89. The van der Waals surface area contributed by atoms with Crippen molar-refractivity contribution in [1.29, 1.82) is 0 Å². The maximum Gasteiger partial charge on any atom is 0.0455 e. The van der Waals surface area contributed by atoms with Gasteiger partial charge < -0.3 is 5.73 Å². The van der Waals surface area contributed by atoms with Gasteiger partial charge in [0, 0.05) is 44.3 Å². The number of rotatable bonds is 5. The summed E-state index contributed by atoms with van der Waals surface area (Å²) in [4.78, 5) is 5.29. The zero-order valence-corrected chi connectivity index (χ0v) is 13.4. The number of hydrogen-bond acceptors (Lipinski definition) is 3. The van der Waals surface area contributed by atoms with E-state index in [2.05, 4.69) is 54.0 Å². The predicted octanol–water partition coefficient (Wildman–Crippen LogP) is 2.49. The first-order valence-corrected chi connectivity index (χ1v) is 8.45. The predicted molar refractivity (Wildman–Crippen MR) is 88.2 cm³/mol. The quantitative estimate of drug-likeness (QED) is 0.903. The van der Waals surface area contributed by atoms with Crippen LogP contribution in [0.4, 0.5) is 0 Å². The van der Waals surface area contributed by atoms with E-state index < -0.39 is 0 Å². The SMILES string of the molecule is CC(C)C(C(N)c1ccccc1)N1CCN(C2CC2)CC1. The van der Waals surface area contributed by atoms with Gasteiger partial charge in [0.1, 0.15) is 0 Å². The number of nitrogens with two attached hydrogens (primary N) is 1. The molecule has 0 amide bonds.